The molecule has 2 aromatic carbocycles. The maximum atomic E-state index is 12.6. The molecule has 0 aliphatic heterocycles. The predicted octanol–water partition coefficient (Wildman–Crippen LogP) is 4.64. The number of aryl methyl sites for hydroxylation is 1. The first-order valence-corrected chi connectivity index (χ1v) is 9.30. The van der Waals surface area contributed by atoms with Crippen LogP contribution in [0.25, 0.3) is 0 Å². The molecule has 0 aliphatic rings. The molecule has 0 fully saturated rings. The Kier molecular flexibility index (Phi) is 6.74. The SMILES string of the molecule is CC(=NOCc1ccc(C(F)(F)F)cc1)c1ccc(OCC(=O)c2nccn2C)cc1. The molecule has 1 heterocycles. The number of Topliss-reactive ketones (excluding diaryl/α,β-unsaturated/α-hetero) is 1. The number of ketones is 1. The summed E-state index contributed by atoms with van der Waals surface area (Å²) in [6.45, 7) is 1.66. The van der Waals surface area contributed by atoms with Gasteiger partial charge in [0.25, 0.3) is 0 Å². The van der Waals surface area contributed by atoms with E-state index in [0.29, 0.717) is 22.8 Å². The molecule has 0 atom stereocenters. The Hall–Kier alpha value is -3.62. The molecule has 0 saturated carbocycles. The van der Waals surface area contributed by atoms with E-state index in [2.05, 4.69) is 10.1 Å². The van der Waals surface area contributed by atoms with E-state index in [-0.39, 0.29) is 19.0 Å². The van der Waals surface area contributed by atoms with Gasteiger partial charge in [-0.05, 0) is 54.4 Å². The summed E-state index contributed by atoms with van der Waals surface area (Å²) in [5, 5.41) is 4.00. The third-order valence-corrected chi connectivity index (χ3v) is 4.43. The first kappa shape index (κ1) is 22.1. The molecule has 0 saturated heterocycles. The number of rotatable bonds is 8. The minimum atomic E-state index is -4.37. The van der Waals surface area contributed by atoms with Crippen molar-refractivity contribution in [2.45, 2.75) is 19.7 Å². The van der Waals surface area contributed by atoms with Crippen molar-refractivity contribution in [2.75, 3.05) is 6.61 Å². The molecule has 3 rings (SSSR count). The standard InChI is InChI=1S/C22H20F3N3O3/c1-15(27-31-13-16-3-7-18(8-4-16)22(23,24)25)17-5-9-19(10-6-17)30-14-20(29)21-26-11-12-28(21)2/h3-12H,13-14H2,1-2H3. The molecular formula is C22H20F3N3O3. The molecule has 0 radical (unpaired) electrons. The van der Waals surface area contributed by atoms with Crippen LogP contribution >= 0.6 is 0 Å². The van der Waals surface area contributed by atoms with Crippen molar-refractivity contribution < 1.29 is 27.5 Å². The summed E-state index contributed by atoms with van der Waals surface area (Å²) in [6, 6.07) is 11.7. The second-order valence-electron chi connectivity index (χ2n) is 6.74. The molecule has 1 aromatic heterocycles. The molecule has 31 heavy (non-hydrogen) atoms. The van der Waals surface area contributed by atoms with Crippen LogP contribution in [0.3, 0.4) is 0 Å². The molecule has 0 aliphatic carbocycles. The zero-order valence-corrected chi connectivity index (χ0v) is 16.9. The third-order valence-electron chi connectivity index (χ3n) is 4.43. The Balaban J connectivity index is 1.51. The summed E-state index contributed by atoms with van der Waals surface area (Å²) in [5.74, 6) is 0.612. The van der Waals surface area contributed by atoms with Gasteiger partial charge in [-0.2, -0.15) is 13.2 Å². The van der Waals surface area contributed by atoms with E-state index in [1.165, 1.54) is 12.1 Å². The third kappa shape index (κ3) is 5.94. The van der Waals surface area contributed by atoms with E-state index in [1.807, 2.05) is 0 Å². The summed E-state index contributed by atoms with van der Waals surface area (Å²) >= 11 is 0. The lowest BCUT2D eigenvalue weighted by atomic mass is 10.1. The van der Waals surface area contributed by atoms with Crippen molar-refractivity contribution in [3.63, 3.8) is 0 Å². The first-order chi connectivity index (χ1) is 14.7. The number of hydrogen-bond donors (Lipinski definition) is 0. The molecule has 9 heteroatoms. The van der Waals surface area contributed by atoms with E-state index in [4.69, 9.17) is 9.57 Å². The zero-order valence-electron chi connectivity index (χ0n) is 16.9. The maximum absolute atomic E-state index is 12.6. The van der Waals surface area contributed by atoms with Gasteiger partial charge >= 0.3 is 6.18 Å². The molecule has 162 valence electrons. The molecule has 0 bridgehead atoms. The minimum Gasteiger partial charge on any atom is -0.485 e. The Labute approximate surface area is 176 Å². The largest absolute Gasteiger partial charge is 0.485 e. The smallest absolute Gasteiger partial charge is 0.416 e. The number of carbonyl (C=O) groups is 1. The average Bonchev–Trinajstić information content (AvgIpc) is 3.18. The van der Waals surface area contributed by atoms with Gasteiger partial charge in [0.15, 0.2) is 12.4 Å². The van der Waals surface area contributed by atoms with Crippen LogP contribution in [-0.2, 0) is 24.7 Å². The van der Waals surface area contributed by atoms with Gasteiger partial charge in [0.05, 0.1) is 11.3 Å². The molecule has 0 spiro atoms. The number of aromatic nitrogens is 2. The molecule has 0 N–H and O–H groups in total. The lowest BCUT2D eigenvalue weighted by molar-refractivity contribution is -0.137. The fraction of sp³-hybridized carbons (Fsp3) is 0.227. The first-order valence-electron chi connectivity index (χ1n) is 9.30. The molecular weight excluding hydrogens is 411 g/mol. The van der Waals surface area contributed by atoms with E-state index in [9.17, 15) is 18.0 Å². The van der Waals surface area contributed by atoms with Crippen molar-refractivity contribution in [3.8, 4) is 5.75 Å². The van der Waals surface area contributed by atoms with Crippen LogP contribution in [-0.4, -0.2) is 27.7 Å². The van der Waals surface area contributed by atoms with Gasteiger partial charge < -0.3 is 14.1 Å². The van der Waals surface area contributed by atoms with Gasteiger partial charge in [-0.1, -0.05) is 17.3 Å². The van der Waals surface area contributed by atoms with E-state index in [1.54, 1.807) is 55.2 Å². The van der Waals surface area contributed by atoms with Gasteiger partial charge in [0.1, 0.15) is 12.4 Å². The number of imidazole rings is 1. The van der Waals surface area contributed by atoms with Crippen molar-refractivity contribution >= 4 is 11.5 Å². The molecule has 3 aromatic rings. The number of ether oxygens (including phenoxy) is 1. The fourth-order valence-electron chi connectivity index (χ4n) is 2.69. The number of hydrogen-bond acceptors (Lipinski definition) is 5. The zero-order chi connectivity index (χ0) is 22.4. The summed E-state index contributed by atoms with van der Waals surface area (Å²) in [5.41, 5.74) is 1.23. The van der Waals surface area contributed by atoms with Gasteiger partial charge in [-0.15, -0.1) is 0 Å². The Morgan fingerprint density at radius 2 is 1.77 bits per heavy atom. The lowest BCUT2D eigenvalue weighted by Gasteiger charge is -2.08. The summed E-state index contributed by atoms with van der Waals surface area (Å²) in [6.07, 6.45) is -1.14. The van der Waals surface area contributed by atoms with Crippen molar-refractivity contribution in [1.82, 2.24) is 9.55 Å². The second kappa shape index (κ2) is 9.46. The normalized spacial score (nSPS) is 12.0. The van der Waals surface area contributed by atoms with E-state index >= 15 is 0 Å². The predicted molar refractivity (Wildman–Crippen MR) is 108 cm³/mol. The Morgan fingerprint density at radius 1 is 1.10 bits per heavy atom. The highest BCUT2D eigenvalue weighted by Crippen LogP contribution is 2.29. The molecule has 0 unspecified atom stereocenters. The molecule has 0 amide bonds. The minimum absolute atomic E-state index is 0.0476. The highest BCUT2D eigenvalue weighted by Gasteiger charge is 2.29. The average molecular weight is 431 g/mol. The van der Waals surface area contributed by atoms with Crippen LogP contribution in [0.2, 0.25) is 0 Å². The number of alkyl halides is 3. The van der Waals surface area contributed by atoms with Crippen LogP contribution in [0.15, 0.2) is 66.1 Å². The summed E-state index contributed by atoms with van der Waals surface area (Å²) in [4.78, 5) is 21.3. The lowest BCUT2D eigenvalue weighted by Crippen LogP contribution is -2.16. The van der Waals surface area contributed by atoms with Crippen molar-refractivity contribution in [2.24, 2.45) is 12.2 Å². The Bertz CT molecular complexity index is 1060. The van der Waals surface area contributed by atoms with Crippen LogP contribution in [0.1, 0.15) is 34.2 Å². The maximum Gasteiger partial charge on any atom is 0.416 e. The second-order valence-corrected chi connectivity index (χ2v) is 6.74. The van der Waals surface area contributed by atoms with Crippen LogP contribution < -0.4 is 4.74 Å². The quantitative estimate of drug-likeness (QED) is 0.296. The van der Waals surface area contributed by atoms with Crippen molar-refractivity contribution in [1.29, 1.82) is 0 Å². The van der Waals surface area contributed by atoms with Gasteiger partial charge in [-0.3, -0.25) is 4.79 Å². The summed E-state index contributed by atoms with van der Waals surface area (Å²) < 4.78 is 44.9. The number of nitrogens with zero attached hydrogens (tertiary/aromatic N) is 3. The van der Waals surface area contributed by atoms with Gasteiger partial charge in [-0.25, -0.2) is 4.98 Å². The van der Waals surface area contributed by atoms with Crippen LogP contribution in [0, 0.1) is 0 Å². The highest BCUT2D eigenvalue weighted by atomic mass is 19.4. The summed E-state index contributed by atoms with van der Waals surface area (Å²) in [7, 11) is 1.73. The van der Waals surface area contributed by atoms with Crippen molar-refractivity contribution in [3.05, 3.63) is 83.4 Å². The van der Waals surface area contributed by atoms with Crippen LogP contribution in [0.5, 0.6) is 5.75 Å². The van der Waals surface area contributed by atoms with Gasteiger partial charge in [0.2, 0.25) is 5.78 Å². The monoisotopic (exact) mass is 431 g/mol. The fourth-order valence-corrected chi connectivity index (χ4v) is 2.69. The highest BCUT2D eigenvalue weighted by molar-refractivity contribution is 5.98. The Morgan fingerprint density at radius 3 is 2.35 bits per heavy atom. The number of benzene rings is 2. The van der Waals surface area contributed by atoms with E-state index in [0.717, 1.165) is 17.7 Å². The molecule has 6 nitrogen and oxygen atoms in total. The number of halogens is 3. The number of oxime groups is 1. The topological polar surface area (TPSA) is 65.7 Å². The van der Waals surface area contributed by atoms with Gasteiger partial charge in [0, 0.05) is 19.4 Å². The number of carbonyl (C=O) groups excluding carboxylic acids is 1. The van der Waals surface area contributed by atoms with E-state index < -0.39 is 11.7 Å². The van der Waals surface area contributed by atoms with Crippen LogP contribution in [0.4, 0.5) is 13.2 Å².